The highest BCUT2D eigenvalue weighted by Crippen LogP contribution is 2.31. The van der Waals surface area contributed by atoms with Crippen molar-refractivity contribution >= 4 is 17.3 Å². The van der Waals surface area contributed by atoms with Gasteiger partial charge in [0.25, 0.3) is 0 Å². The number of aliphatic hydroxyl groups is 1. The molecule has 2 aromatic rings. The molecule has 2 unspecified atom stereocenters. The number of hydrogen-bond donors (Lipinski definition) is 1. The van der Waals surface area contributed by atoms with Crippen LogP contribution in [0.1, 0.15) is 89.7 Å². The van der Waals surface area contributed by atoms with Crippen molar-refractivity contribution in [3.63, 3.8) is 0 Å². The monoisotopic (exact) mass is 430 g/mol. The van der Waals surface area contributed by atoms with Crippen LogP contribution in [0.25, 0.3) is 0 Å². The van der Waals surface area contributed by atoms with Crippen LogP contribution >= 0.6 is 11.3 Å². The highest BCUT2D eigenvalue weighted by atomic mass is 32.1. The highest BCUT2D eigenvalue weighted by molar-refractivity contribution is 7.14. The lowest BCUT2D eigenvalue weighted by Gasteiger charge is -2.26. The number of carbonyl (C=O) groups is 1. The maximum atomic E-state index is 11.9. The van der Waals surface area contributed by atoms with Gasteiger partial charge in [-0.3, -0.25) is 0 Å². The quantitative estimate of drug-likeness (QED) is 0.455. The molecule has 0 saturated carbocycles. The van der Waals surface area contributed by atoms with Crippen molar-refractivity contribution in [3.05, 3.63) is 56.3 Å². The summed E-state index contributed by atoms with van der Waals surface area (Å²) in [5.41, 5.74) is 4.96. The maximum absolute atomic E-state index is 11.9. The smallest absolute Gasteiger partial charge is 0.348 e. The minimum absolute atomic E-state index is 0.0744. The van der Waals surface area contributed by atoms with Gasteiger partial charge in [0.15, 0.2) is 0 Å². The number of rotatable bonds is 9. The lowest BCUT2D eigenvalue weighted by Crippen LogP contribution is -2.26. The van der Waals surface area contributed by atoms with Gasteiger partial charge in [-0.1, -0.05) is 45.9 Å². The van der Waals surface area contributed by atoms with E-state index < -0.39 is 0 Å². The zero-order valence-corrected chi connectivity index (χ0v) is 20.5. The van der Waals surface area contributed by atoms with Crippen LogP contribution in [-0.2, 0) is 17.6 Å². The number of benzene rings is 1. The van der Waals surface area contributed by atoms with Gasteiger partial charge in [0.05, 0.1) is 13.2 Å². The van der Waals surface area contributed by atoms with Crippen molar-refractivity contribution in [2.45, 2.75) is 85.7 Å². The summed E-state index contributed by atoms with van der Waals surface area (Å²) >= 11 is 1.56. The molecule has 0 amide bonds. The first-order valence-corrected chi connectivity index (χ1v) is 11.8. The van der Waals surface area contributed by atoms with Crippen molar-refractivity contribution in [2.75, 3.05) is 7.11 Å². The molecule has 2 atom stereocenters. The van der Waals surface area contributed by atoms with Gasteiger partial charge in [-0.05, 0) is 85.6 Å². The Hall–Kier alpha value is -1.65. The second-order valence-corrected chi connectivity index (χ2v) is 10.6. The number of aryl methyl sites for hydroxylation is 4. The molecule has 30 heavy (non-hydrogen) atoms. The van der Waals surface area contributed by atoms with Gasteiger partial charge >= 0.3 is 5.97 Å². The van der Waals surface area contributed by atoms with Crippen LogP contribution in [0.15, 0.2) is 24.3 Å². The standard InChI is InChI=1S/C26H38O3S/c1-8-19(11-13-22-16-18(3)24(30-22)25(28)29-7)21-10-9-20(17(2)15-21)12-14-23(27)26(4,5)6/h9-10,15-16,19,23,27H,8,11-14H2,1-7H3. The SMILES string of the molecule is CCC(CCc1cc(C)c(C(=O)OC)s1)c1ccc(CCC(O)C(C)(C)C)c(C)c1. The number of carbonyl (C=O) groups excluding carboxylic acids is 1. The number of aliphatic hydroxyl groups excluding tert-OH is 1. The Morgan fingerprint density at radius 3 is 2.37 bits per heavy atom. The number of methoxy groups -OCH3 is 1. The van der Waals surface area contributed by atoms with Gasteiger partial charge < -0.3 is 9.84 Å². The van der Waals surface area contributed by atoms with Gasteiger partial charge in [0.2, 0.25) is 0 Å². The van der Waals surface area contributed by atoms with E-state index in [-0.39, 0.29) is 17.5 Å². The van der Waals surface area contributed by atoms with Crippen LogP contribution in [-0.4, -0.2) is 24.3 Å². The van der Waals surface area contributed by atoms with Gasteiger partial charge in [0, 0.05) is 4.88 Å². The van der Waals surface area contributed by atoms with Gasteiger partial charge in [0.1, 0.15) is 4.88 Å². The van der Waals surface area contributed by atoms with Crippen molar-refractivity contribution in [1.82, 2.24) is 0 Å². The molecule has 0 aliphatic carbocycles. The summed E-state index contributed by atoms with van der Waals surface area (Å²) in [7, 11) is 1.43. The third-order valence-electron chi connectivity index (χ3n) is 6.10. The fourth-order valence-electron chi connectivity index (χ4n) is 3.87. The van der Waals surface area contributed by atoms with Crippen LogP contribution in [0.4, 0.5) is 0 Å². The predicted molar refractivity (Wildman–Crippen MR) is 127 cm³/mol. The second-order valence-electron chi connectivity index (χ2n) is 9.47. The number of ether oxygens (including phenoxy) is 1. The molecule has 0 radical (unpaired) electrons. The van der Waals surface area contributed by atoms with Crippen LogP contribution < -0.4 is 0 Å². The summed E-state index contributed by atoms with van der Waals surface area (Å²) in [5, 5.41) is 10.3. The lowest BCUT2D eigenvalue weighted by molar-refractivity contribution is 0.0559. The van der Waals surface area contributed by atoms with Crippen molar-refractivity contribution in [3.8, 4) is 0 Å². The second kappa shape index (κ2) is 10.6. The van der Waals surface area contributed by atoms with E-state index in [1.165, 1.54) is 28.7 Å². The molecule has 1 N–H and O–H groups in total. The predicted octanol–water partition coefficient (Wildman–Crippen LogP) is 6.62. The molecule has 0 fully saturated rings. The zero-order valence-electron chi connectivity index (χ0n) is 19.7. The normalized spacial score (nSPS) is 13.9. The Morgan fingerprint density at radius 1 is 1.10 bits per heavy atom. The Balaban J connectivity index is 2.03. The fraction of sp³-hybridized carbons (Fsp3) is 0.577. The third-order valence-corrected chi connectivity index (χ3v) is 7.37. The molecule has 1 heterocycles. The van der Waals surface area contributed by atoms with E-state index in [9.17, 15) is 9.90 Å². The van der Waals surface area contributed by atoms with Gasteiger partial charge in [-0.25, -0.2) is 4.79 Å². The van der Waals surface area contributed by atoms with Crippen molar-refractivity contribution in [1.29, 1.82) is 0 Å². The fourth-order valence-corrected chi connectivity index (χ4v) is 4.97. The molecular weight excluding hydrogens is 392 g/mol. The van der Waals surface area contributed by atoms with E-state index >= 15 is 0 Å². The minimum Gasteiger partial charge on any atom is -0.465 e. The molecule has 4 heteroatoms. The molecule has 1 aromatic carbocycles. The topological polar surface area (TPSA) is 46.5 Å². The van der Waals surface area contributed by atoms with E-state index in [2.05, 4.69) is 58.9 Å². The summed E-state index contributed by atoms with van der Waals surface area (Å²) in [6.45, 7) is 12.7. The molecule has 2 rings (SSSR count). The molecule has 166 valence electrons. The van der Waals surface area contributed by atoms with E-state index in [1.807, 2.05) is 6.92 Å². The van der Waals surface area contributed by atoms with E-state index in [0.717, 1.165) is 42.5 Å². The van der Waals surface area contributed by atoms with Crippen LogP contribution in [0, 0.1) is 19.3 Å². The average Bonchev–Trinajstić information content (AvgIpc) is 3.06. The summed E-state index contributed by atoms with van der Waals surface area (Å²) in [4.78, 5) is 13.8. The molecular formula is C26H38O3S. The van der Waals surface area contributed by atoms with Crippen molar-refractivity contribution in [2.24, 2.45) is 5.41 Å². The summed E-state index contributed by atoms with van der Waals surface area (Å²) in [6, 6.07) is 8.96. The summed E-state index contributed by atoms with van der Waals surface area (Å²) < 4.78 is 4.88. The molecule has 1 aromatic heterocycles. The Kier molecular flexibility index (Phi) is 8.69. The van der Waals surface area contributed by atoms with E-state index in [4.69, 9.17) is 4.74 Å². The number of thiophene rings is 1. The Labute approximate surface area is 186 Å². The summed E-state index contributed by atoms with van der Waals surface area (Å²) in [6.07, 6.45) is 4.55. The first kappa shape index (κ1) is 24.6. The third kappa shape index (κ3) is 6.42. The molecule has 3 nitrogen and oxygen atoms in total. The minimum atomic E-state index is -0.288. The number of esters is 1. The van der Waals surface area contributed by atoms with Gasteiger partial charge in [-0.15, -0.1) is 11.3 Å². The average molecular weight is 431 g/mol. The van der Waals surface area contributed by atoms with Crippen molar-refractivity contribution < 1.29 is 14.6 Å². The molecule has 0 bridgehead atoms. The largest absolute Gasteiger partial charge is 0.465 e. The maximum Gasteiger partial charge on any atom is 0.348 e. The first-order chi connectivity index (χ1) is 14.1. The Bertz CT molecular complexity index is 844. The lowest BCUT2D eigenvalue weighted by atomic mass is 9.84. The zero-order chi connectivity index (χ0) is 22.5. The first-order valence-electron chi connectivity index (χ1n) is 11.0. The molecule has 0 aliphatic rings. The molecule has 0 saturated heterocycles. The molecule has 0 spiro atoms. The summed E-state index contributed by atoms with van der Waals surface area (Å²) in [5.74, 6) is 0.264. The highest BCUT2D eigenvalue weighted by Gasteiger charge is 2.22. The van der Waals surface area contributed by atoms with Crippen LogP contribution in [0.2, 0.25) is 0 Å². The van der Waals surface area contributed by atoms with Crippen LogP contribution in [0.5, 0.6) is 0 Å². The Morgan fingerprint density at radius 2 is 1.80 bits per heavy atom. The van der Waals surface area contributed by atoms with E-state index in [1.54, 1.807) is 11.3 Å². The number of hydrogen-bond acceptors (Lipinski definition) is 4. The van der Waals surface area contributed by atoms with E-state index in [0.29, 0.717) is 5.92 Å². The van der Waals surface area contributed by atoms with Crippen LogP contribution in [0.3, 0.4) is 0 Å². The molecule has 0 aliphatic heterocycles. The van der Waals surface area contributed by atoms with Gasteiger partial charge in [-0.2, -0.15) is 0 Å².